The number of rotatable bonds is 5. The van der Waals surface area contributed by atoms with Gasteiger partial charge in [-0.1, -0.05) is 12.1 Å². The van der Waals surface area contributed by atoms with E-state index in [1.807, 2.05) is 0 Å². The first-order valence-electron chi connectivity index (χ1n) is 7.58. The van der Waals surface area contributed by atoms with Crippen LogP contribution in [0, 0.1) is 5.82 Å². The molecule has 0 saturated carbocycles. The Morgan fingerprint density at radius 1 is 1.43 bits per heavy atom. The van der Waals surface area contributed by atoms with Crippen LogP contribution < -0.4 is 10.6 Å². The van der Waals surface area contributed by atoms with Gasteiger partial charge in [0, 0.05) is 25.7 Å². The zero-order chi connectivity index (χ0) is 16.9. The largest absolute Gasteiger partial charge is 0.338 e. The monoisotopic (exact) mass is 343 g/mol. The highest BCUT2D eigenvalue weighted by Gasteiger charge is 2.26. The Bertz CT molecular complexity index is 651. The molecule has 1 heterocycles. The SMILES string of the molecule is CS(=O)(=O)N1CCC[C@H](NC(=O)NCCc2cccc(F)c2)C1. The van der Waals surface area contributed by atoms with Gasteiger partial charge in [-0.3, -0.25) is 0 Å². The molecule has 1 saturated heterocycles. The smallest absolute Gasteiger partial charge is 0.315 e. The number of amides is 2. The van der Waals surface area contributed by atoms with Crippen molar-refractivity contribution in [2.24, 2.45) is 0 Å². The number of carbonyl (C=O) groups excluding carboxylic acids is 1. The molecule has 0 spiro atoms. The van der Waals surface area contributed by atoms with Crippen molar-refractivity contribution >= 4 is 16.1 Å². The minimum absolute atomic E-state index is 0.187. The maximum atomic E-state index is 13.0. The zero-order valence-electron chi connectivity index (χ0n) is 13.1. The van der Waals surface area contributed by atoms with E-state index in [-0.39, 0.29) is 17.9 Å². The maximum absolute atomic E-state index is 13.0. The van der Waals surface area contributed by atoms with E-state index in [0.717, 1.165) is 18.4 Å². The van der Waals surface area contributed by atoms with E-state index in [4.69, 9.17) is 0 Å². The van der Waals surface area contributed by atoms with Gasteiger partial charge in [-0.05, 0) is 37.0 Å². The minimum atomic E-state index is -3.23. The second-order valence-corrected chi connectivity index (χ2v) is 7.72. The number of nitrogens with zero attached hydrogens (tertiary/aromatic N) is 1. The number of benzene rings is 1. The average molecular weight is 343 g/mol. The van der Waals surface area contributed by atoms with E-state index < -0.39 is 10.0 Å². The van der Waals surface area contributed by atoms with Crippen LogP contribution in [0.3, 0.4) is 0 Å². The van der Waals surface area contributed by atoms with Crippen molar-refractivity contribution in [2.75, 3.05) is 25.9 Å². The third-order valence-corrected chi connectivity index (χ3v) is 5.05. The molecule has 1 aromatic rings. The number of hydrogen-bond acceptors (Lipinski definition) is 3. The lowest BCUT2D eigenvalue weighted by molar-refractivity contribution is 0.226. The summed E-state index contributed by atoms with van der Waals surface area (Å²) in [5.74, 6) is -0.296. The molecule has 1 aliphatic rings. The lowest BCUT2D eigenvalue weighted by Gasteiger charge is -2.31. The molecular formula is C15H22FN3O3S. The number of hydrogen-bond donors (Lipinski definition) is 2. The fourth-order valence-electron chi connectivity index (χ4n) is 2.61. The summed E-state index contributed by atoms with van der Waals surface area (Å²) >= 11 is 0. The Balaban J connectivity index is 1.74. The number of carbonyl (C=O) groups is 1. The third kappa shape index (κ3) is 5.80. The van der Waals surface area contributed by atoms with Gasteiger partial charge in [-0.15, -0.1) is 0 Å². The third-order valence-electron chi connectivity index (χ3n) is 3.78. The summed E-state index contributed by atoms with van der Waals surface area (Å²) in [6.45, 7) is 1.19. The lowest BCUT2D eigenvalue weighted by Crippen LogP contribution is -2.51. The molecule has 1 atom stereocenters. The Hall–Kier alpha value is -1.67. The summed E-state index contributed by atoms with van der Waals surface area (Å²) in [5, 5.41) is 5.50. The number of piperidine rings is 1. The minimum Gasteiger partial charge on any atom is -0.338 e. The van der Waals surface area contributed by atoms with Crippen LogP contribution in [0.25, 0.3) is 0 Å². The highest BCUT2D eigenvalue weighted by molar-refractivity contribution is 7.88. The predicted molar refractivity (Wildman–Crippen MR) is 86.1 cm³/mol. The summed E-state index contributed by atoms with van der Waals surface area (Å²) in [7, 11) is -3.23. The molecule has 8 heteroatoms. The normalized spacial score (nSPS) is 19.3. The Morgan fingerprint density at radius 2 is 2.22 bits per heavy atom. The van der Waals surface area contributed by atoms with Crippen LogP contribution in [-0.2, 0) is 16.4 Å². The van der Waals surface area contributed by atoms with Crippen LogP contribution >= 0.6 is 0 Å². The van der Waals surface area contributed by atoms with Gasteiger partial charge in [0.05, 0.1) is 6.26 Å². The molecule has 128 valence electrons. The van der Waals surface area contributed by atoms with Crippen LogP contribution in [0.2, 0.25) is 0 Å². The van der Waals surface area contributed by atoms with Crippen molar-refractivity contribution in [3.05, 3.63) is 35.6 Å². The fraction of sp³-hybridized carbons (Fsp3) is 0.533. The van der Waals surface area contributed by atoms with Crippen molar-refractivity contribution in [3.63, 3.8) is 0 Å². The predicted octanol–water partition coefficient (Wildman–Crippen LogP) is 1.09. The van der Waals surface area contributed by atoms with Crippen LogP contribution in [0.5, 0.6) is 0 Å². The molecule has 0 aromatic heterocycles. The van der Waals surface area contributed by atoms with Gasteiger partial charge in [-0.25, -0.2) is 21.9 Å². The van der Waals surface area contributed by atoms with Gasteiger partial charge in [0.15, 0.2) is 0 Å². The van der Waals surface area contributed by atoms with E-state index in [1.165, 1.54) is 22.7 Å². The van der Waals surface area contributed by atoms with Crippen LogP contribution in [0.4, 0.5) is 9.18 Å². The number of urea groups is 1. The first kappa shape index (κ1) is 17.7. The molecule has 0 radical (unpaired) electrons. The summed E-state index contributed by atoms with van der Waals surface area (Å²) < 4.78 is 37.5. The van der Waals surface area contributed by atoms with Crippen molar-refractivity contribution in [3.8, 4) is 0 Å². The number of sulfonamides is 1. The summed E-state index contributed by atoms with van der Waals surface area (Å²) in [6, 6.07) is 5.72. The topological polar surface area (TPSA) is 78.5 Å². The van der Waals surface area contributed by atoms with Gasteiger partial charge < -0.3 is 10.6 Å². The van der Waals surface area contributed by atoms with Gasteiger partial charge in [0.1, 0.15) is 5.82 Å². The van der Waals surface area contributed by atoms with Gasteiger partial charge >= 0.3 is 6.03 Å². The molecule has 1 aliphatic heterocycles. The molecule has 2 rings (SSSR count). The maximum Gasteiger partial charge on any atom is 0.315 e. The molecule has 2 N–H and O–H groups in total. The van der Waals surface area contributed by atoms with Crippen LogP contribution in [0.1, 0.15) is 18.4 Å². The second-order valence-electron chi connectivity index (χ2n) is 5.74. The zero-order valence-corrected chi connectivity index (χ0v) is 13.9. The van der Waals surface area contributed by atoms with Gasteiger partial charge in [-0.2, -0.15) is 0 Å². The summed E-state index contributed by atoms with van der Waals surface area (Å²) in [5.41, 5.74) is 0.811. The molecule has 2 amide bonds. The highest BCUT2D eigenvalue weighted by atomic mass is 32.2. The van der Waals surface area contributed by atoms with Crippen molar-refractivity contribution in [1.82, 2.24) is 14.9 Å². The molecule has 6 nitrogen and oxygen atoms in total. The fourth-order valence-corrected chi connectivity index (χ4v) is 3.52. The average Bonchev–Trinajstić information content (AvgIpc) is 2.46. The highest BCUT2D eigenvalue weighted by Crippen LogP contribution is 2.12. The van der Waals surface area contributed by atoms with Gasteiger partial charge in [0.2, 0.25) is 10.0 Å². The lowest BCUT2D eigenvalue weighted by atomic mass is 10.1. The Kier molecular flexibility index (Phi) is 5.95. The van der Waals surface area contributed by atoms with E-state index in [9.17, 15) is 17.6 Å². The number of nitrogens with one attached hydrogen (secondary N) is 2. The quantitative estimate of drug-likeness (QED) is 0.840. The van der Waals surface area contributed by atoms with Crippen LogP contribution in [0.15, 0.2) is 24.3 Å². The molecule has 0 bridgehead atoms. The Labute approximate surface area is 136 Å². The van der Waals surface area contributed by atoms with Crippen LogP contribution in [-0.4, -0.2) is 50.7 Å². The Morgan fingerprint density at radius 3 is 2.91 bits per heavy atom. The standard InChI is InChI=1S/C15H22FN3O3S/c1-23(21,22)19-9-3-6-14(11-19)18-15(20)17-8-7-12-4-2-5-13(16)10-12/h2,4-5,10,14H,3,6-9,11H2,1H3,(H2,17,18,20)/t14-/m0/s1. The van der Waals surface area contributed by atoms with Crippen molar-refractivity contribution in [1.29, 1.82) is 0 Å². The van der Waals surface area contributed by atoms with Crippen molar-refractivity contribution < 1.29 is 17.6 Å². The molecule has 0 aliphatic carbocycles. The van der Waals surface area contributed by atoms with Crippen molar-refractivity contribution in [2.45, 2.75) is 25.3 Å². The summed E-state index contributed by atoms with van der Waals surface area (Å²) in [4.78, 5) is 11.9. The van der Waals surface area contributed by atoms with E-state index >= 15 is 0 Å². The van der Waals surface area contributed by atoms with E-state index in [2.05, 4.69) is 10.6 Å². The first-order valence-corrected chi connectivity index (χ1v) is 9.43. The molecule has 1 aromatic carbocycles. The molecule has 23 heavy (non-hydrogen) atoms. The molecule has 1 fully saturated rings. The van der Waals surface area contributed by atoms with E-state index in [0.29, 0.717) is 26.1 Å². The molecular weight excluding hydrogens is 321 g/mol. The number of halogens is 1. The van der Waals surface area contributed by atoms with E-state index in [1.54, 1.807) is 12.1 Å². The molecule has 0 unspecified atom stereocenters. The second kappa shape index (κ2) is 7.74. The first-order chi connectivity index (χ1) is 10.8. The summed E-state index contributed by atoms with van der Waals surface area (Å²) in [6.07, 6.45) is 3.18. The van der Waals surface area contributed by atoms with Gasteiger partial charge in [0.25, 0.3) is 0 Å².